The zero-order chi connectivity index (χ0) is 22.1. The molecule has 1 aliphatic rings. The minimum Gasteiger partial charge on any atom is -0.478 e. The van der Waals surface area contributed by atoms with Crippen molar-refractivity contribution in [2.75, 3.05) is 0 Å². The van der Waals surface area contributed by atoms with E-state index < -0.39 is 5.97 Å². The van der Waals surface area contributed by atoms with Crippen LogP contribution in [0.15, 0.2) is 68.4 Å². The average Bonchev–Trinajstić information content (AvgIpc) is 3.28. The molecule has 1 aliphatic heterocycles. The lowest BCUT2D eigenvalue weighted by molar-refractivity contribution is -0.123. The number of benzene rings is 2. The number of aromatic carboxylic acids is 1. The number of halogens is 1. The van der Waals surface area contributed by atoms with Gasteiger partial charge in [-0.05, 0) is 66.2 Å². The van der Waals surface area contributed by atoms with Gasteiger partial charge in [0.2, 0.25) is 0 Å². The van der Waals surface area contributed by atoms with E-state index in [0.29, 0.717) is 16.4 Å². The van der Waals surface area contributed by atoms with E-state index in [1.54, 1.807) is 37.3 Å². The van der Waals surface area contributed by atoms with Crippen molar-refractivity contribution in [1.29, 1.82) is 0 Å². The maximum atomic E-state index is 12.7. The highest BCUT2D eigenvalue weighted by atomic mass is 79.9. The Morgan fingerprint density at radius 1 is 1.16 bits per heavy atom. The summed E-state index contributed by atoms with van der Waals surface area (Å²) in [5.41, 5.74) is 2.56. The number of rotatable bonds is 5. The van der Waals surface area contributed by atoms with Crippen molar-refractivity contribution in [1.82, 2.24) is 4.90 Å². The molecule has 1 fully saturated rings. The van der Waals surface area contributed by atoms with Crippen LogP contribution < -0.4 is 0 Å². The number of carbonyl (C=O) groups is 3. The lowest BCUT2D eigenvalue weighted by atomic mass is 10.0. The van der Waals surface area contributed by atoms with E-state index in [0.717, 1.165) is 32.9 Å². The molecule has 8 heteroatoms. The summed E-state index contributed by atoms with van der Waals surface area (Å²) in [6, 6.07) is 15.7. The number of hydrogen-bond donors (Lipinski definition) is 1. The van der Waals surface area contributed by atoms with E-state index in [-0.39, 0.29) is 23.3 Å². The molecule has 2 heterocycles. The molecule has 0 aliphatic carbocycles. The molecular weight excluding hydrogens is 482 g/mol. The van der Waals surface area contributed by atoms with E-state index in [1.165, 1.54) is 11.0 Å². The molecule has 4 rings (SSSR count). The molecule has 1 saturated heterocycles. The quantitative estimate of drug-likeness (QED) is 0.438. The topological polar surface area (TPSA) is 87.8 Å². The number of amides is 2. The number of aryl methyl sites for hydroxylation is 1. The Bertz CT molecular complexity index is 1250. The van der Waals surface area contributed by atoms with Crippen LogP contribution in [0.1, 0.15) is 27.2 Å². The third-order valence-electron chi connectivity index (χ3n) is 4.74. The molecule has 0 spiro atoms. The number of carboxylic acid groups (broad SMARTS) is 1. The summed E-state index contributed by atoms with van der Waals surface area (Å²) in [7, 11) is 0. The van der Waals surface area contributed by atoms with Gasteiger partial charge in [0, 0.05) is 16.1 Å². The van der Waals surface area contributed by atoms with Gasteiger partial charge in [-0.2, -0.15) is 0 Å². The highest BCUT2D eigenvalue weighted by Crippen LogP contribution is 2.35. The Balaban J connectivity index is 1.55. The van der Waals surface area contributed by atoms with Crippen LogP contribution in [0.4, 0.5) is 4.79 Å². The van der Waals surface area contributed by atoms with Crippen LogP contribution in [-0.4, -0.2) is 27.1 Å². The van der Waals surface area contributed by atoms with Crippen molar-refractivity contribution in [3.8, 4) is 11.3 Å². The lowest BCUT2D eigenvalue weighted by Gasteiger charge is -2.12. The van der Waals surface area contributed by atoms with Gasteiger partial charge in [-0.15, -0.1) is 0 Å². The van der Waals surface area contributed by atoms with Gasteiger partial charge in [-0.25, -0.2) is 4.79 Å². The van der Waals surface area contributed by atoms with Crippen LogP contribution in [0.3, 0.4) is 0 Å². The molecule has 0 radical (unpaired) electrons. The van der Waals surface area contributed by atoms with Gasteiger partial charge in [0.05, 0.1) is 17.0 Å². The largest absolute Gasteiger partial charge is 0.478 e. The van der Waals surface area contributed by atoms with Gasteiger partial charge in [-0.3, -0.25) is 14.5 Å². The number of carbonyl (C=O) groups excluding carboxylic acids is 2. The van der Waals surface area contributed by atoms with Crippen LogP contribution in [-0.2, 0) is 11.3 Å². The minimum atomic E-state index is -0.992. The smallest absolute Gasteiger partial charge is 0.335 e. The van der Waals surface area contributed by atoms with Crippen molar-refractivity contribution in [3.63, 3.8) is 0 Å². The van der Waals surface area contributed by atoms with Crippen LogP contribution >= 0.6 is 27.7 Å². The second kappa shape index (κ2) is 8.56. The fraction of sp³-hybridized carbons (Fsp3) is 0.0870. The summed E-state index contributed by atoms with van der Waals surface area (Å²) >= 11 is 4.26. The molecule has 1 N–H and O–H groups in total. The van der Waals surface area contributed by atoms with Crippen LogP contribution in [0.2, 0.25) is 0 Å². The maximum Gasteiger partial charge on any atom is 0.335 e. The highest BCUT2D eigenvalue weighted by Gasteiger charge is 2.35. The summed E-state index contributed by atoms with van der Waals surface area (Å²) in [6.07, 6.45) is 1.55. The molecule has 156 valence electrons. The molecule has 0 saturated carbocycles. The predicted octanol–water partition coefficient (Wildman–Crippen LogP) is 5.95. The molecule has 31 heavy (non-hydrogen) atoms. The predicted molar refractivity (Wildman–Crippen MR) is 121 cm³/mol. The summed E-state index contributed by atoms with van der Waals surface area (Å²) in [5.74, 6) is -0.373. The van der Waals surface area contributed by atoms with Gasteiger partial charge in [0.1, 0.15) is 11.5 Å². The molecule has 6 nitrogen and oxygen atoms in total. The Morgan fingerprint density at radius 3 is 2.68 bits per heavy atom. The average molecular weight is 498 g/mol. The maximum absolute atomic E-state index is 12.7. The normalized spacial score (nSPS) is 15.2. The third kappa shape index (κ3) is 4.50. The van der Waals surface area contributed by atoms with E-state index >= 15 is 0 Å². The zero-order valence-corrected chi connectivity index (χ0v) is 18.7. The first-order valence-electron chi connectivity index (χ1n) is 9.26. The molecule has 3 aromatic rings. The van der Waals surface area contributed by atoms with Crippen LogP contribution in [0, 0.1) is 6.92 Å². The van der Waals surface area contributed by atoms with Gasteiger partial charge in [0.25, 0.3) is 11.1 Å². The van der Waals surface area contributed by atoms with Gasteiger partial charge in [-0.1, -0.05) is 34.1 Å². The number of hydrogen-bond acceptors (Lipinski definition) is 5. The molecule has 2 aromatic carbocycles. The van der Waals surface area contributed by atoms with Gasteiger partial charge >= 0.3 is 5.97 Å². The molecule has 0 bridgehead atoms. The molecular formula is C23H16BrNO5S. The summed E-state index contributed by atoms with van der Waals surface area (Å²) in [5, 5.41) is 8.78. The Labute approximate surface area is 190 Å². The summed E-state index contributed by atoms with van der Waals surface area (Å²) in [6.45, 7) is 2.00. The Morgan fingerprint density at radius 2 is 1.97 bits per heavy atom. The van der Waals surface area contributed by atoms with Crippen molar-refractivity contribution in [2.45, 2.75) is 13.5 Å². The van der Waals surface area contributed by atoms with Crippen molar-refractivity contribution >= 4 is 50.9 Å². The van der Waals surface area contributed by atoms with Crippen molar-refractivity contribution in [2.24, 2.45) is 0 Å². The monoisotopic (exact) mass is 497 g/mol. The standard InChI is InChI=1S/C23H16BrNO5S/c1-13-9-15(22(27)28)5-7-18(13)19-8-6-17(30-19)11-20-21(26)25(23(29)31-20)12-14-3-2-4-16(24)10-14/h2-11H,12H2,1H3,(H,27,28)/b20-11-. The van der Waals surface area contributed by atoms with Crippen molar-refractivity contribution in [3.05, 3.63) is 86.4 Å². The van der Waals surface area contributed by atoms with E-state index in [9.17, 15) is 14.4 Å². The Hall–Kier alpha value is -3.10. The summed E-state index contributed by atoms with van der Waals surface area (Å²) in [4.78, 5) is 37.7. The number of furan rings is 1. The first-order chi connectivity index (χ1) is 14.8. The fourth-order valence-corrected chi connectivity index (χ4v) is 4.50. The van der Waals surface area contributed by atoms with E-state index in [2.05, 4.69) is 15.9 Å². The van der Waals surface area contributed by atoms with Crippen molar-refractivity contribution < 1.29 is 23.9 Å². The summed E-state index contributed by atoms with van der Waals surface area (Å²) < 4.78 is 6.72. The second-order valence-corrected chi connectivity index (χ2v) is 8.84. The number of carboxylic acids is 1. The van der Waals surface area contributed by atoms with Crippen LogP contribution in [0.5, 0.6) is 0 Å². The minimum absolute atomic E-state index is 0.194. The number of nitrogens with zero attached hydrogens (tertiary/aromatic N) is 1. The molecule has 1 aromatic heterocycles. The highest BCUT2D eigenvalue weighted by molar-refractivity contribution is 9.10. The fourth-order valence-electron chi connectivity index (χ4n) is 3.23. The SMILES string of the molecule is Cc1cc(C(=O)O)ccc1-c1ccc(/C=C2\SC(=O)N(Cc3cccc(Br)c3)C2=O)o1. The first kappa shape index (κ1) is 21.1. The van der Waals surface area contributed by atoms with Gasteiger partial charge < -0.3 is 9.52 Å². The molecule has 0 unspecified atom stereocenters. The number of thioether (sulfide) groups is 1. The third-order valence-corrected chi connectivity index (χ3v) is 6.14. The second-order valence-electron chi connectivity index (χ2n) is 6.93. The first-order valence-corrected chi connectivity index (χ1v) is 10.9. The molecule has 2 amide bonds. The lowest BCUT2D eigenvalue weighted by Crippen LogP contribution is -2.27. The van der Waals surface area contributed by atoms with Crippen LogP contribution in [0.25, 0.3) is 17.4 Å². The van der Waals surface area contributed by atoms with E-state index in [1.807, 2.05) is 24.3 Å². The number of imide groups is 1. The van der Waals surface area contributed by atoms with E-state index in [4.69, 9.17) is 9.52 Å². The molecule has 0 atom stereocenters. The Kier molecular flexibility index (Phi) is 5.84. The van der Waals surface area contributed by atoms with Gasteiger partial charge in [0.15, 0.2) is 0 Å². The zero-order valence-electron chi connectivity index (χ0n) is 16.3.